The molecule has 0 aliphatic heterocycles. The van der Waals surface area contributed by atoms with Gasteiger partial charge in [-0.1, -0.05) is 20.3 Å². The number of aliphatic hydroxyl groups is 1. The van der Waals surface area contributed by atoms with Gasteiger partial charge < -0.3 is 9.84 Å². The molecule has 0 saturated heterocycles. The smallest absolute Gasteiger partial charge is 0.270 e. The van der Waals surface area contributed by atoms with Gasteiger partial charge in [0.2, 0.25) is 0 Å². The van der Waals surface area contributed by atoms with Crippen LogP contribution in [0.3, 0.4) is 0 Å². The Balaban J connectivity index is 3.56. The molecule has 0 aliphatic rings. The molecule has 6 heteroatoms. The predicted molar refractivity (Wildman–Crippen MR) is 89.6 cm³/mol. The molecule has 0 aromatic carbocycles. The summed E-state index contributed by atoms with van der Waals surface area (Å²) in [4.78, 5) is 0. The van der Waals surface area contributed by atoms with E-state index in [1.807, 2.05) is 0 Å². The maximum atomic E-state index is 11.1. The summed E-state index contributed by atoms with van der Waals surface area (Å²) in [7, 11) is -3.98. The Morgan fingerprint density at radius 3 is 1.82 bits per heavy atom. The molecule has 0 heterocycles. The van der Waals surface area contributed by atoms with Gasteiger partial charge in [-0.2, -0.15) is 8.42 Å². The van der Waals surface area contributed by atoms with E-state index in [1.54, 1.807) is 0 Å². The average molecular weight is 339 g/mol. The van der Waals surface area contributed by atoms with E-state index < -0.39 is 14.9 Å². The number of hydrogen-bond donors (Lipinski definition) is 2. The zero-order valence-corrected chi connectivity index (χ0v) is 15.4. The summed E-state index contributed by atoms with van der Waals surface area (Å²) in [6.07, 6.45) is 5.96. The highest BCUT2D eigenvalue weighted by Crippen LogP contribution is 2.26. The second kappa shape index (κ2) is 9.85. The molecule has 0 bridgehead atoms. The maximum Gasteiger partial charge on any atom is 0.270 e. The molecule has 0 aromatic rings. The molecule has 0 spiro atoms. The van der Waals surface area contributed by atoms with Crippen molar-refractivity contribution in [2.75, 3.05) is 19.8 Å². The zero-order chi connectivity index (χ0) is 17.3. The molecule has 0 aliphatic carbocycles. The molecule has 2 N–H and O–H groups in total. The van der Waals surface area contributed by atoms with Gasteiger partial charge in [-0.05, 0) is 57.8 Å². The van der Waals surface area contributed by atoms with E-state index >= 15 is 0 Å². The maximum absolute atomic E-state index is 11.1. The lowest BCUT2D eigenvalue weighted by Gasteiger charge is -2.23. The fourth-order valence-electron chi connectivity index (χ4n) is 2.22. The summed E-state index contributed by atoms with van der Waals surface area (Å²) in [5.74, 6) is 0. The summed E-state index contributed by atoms with van der Waals surface area (Å²) >= 11 is 0. The highest BCUT2D eigenvalue weighted by molar-refractivity contribution is 7.87. The zero-order valence-electron chi connectivity index (χ0n) is 14.6. The van der Waals surface area contributed by atoms with Crippen molar-refractivity contribution in [1.82, 2.24) is 0 Å². The first-order valence-electron chi connectivity index (χ1n) is 8.17. The molecule has 0 fully saturated rings. The van der Waals surface area contributed by atoms with Crippen LogP contribution < -0.4 is 0 Å². The fourth-order valence-corrected chi connectivity index (χ4v) is 2.62. The fraction of sp³-hybridized carbons (Fsp3) is 1.00. The summed E-state index contributed by atoms with van der Waals surface area (Å²) in [6.45, 7) is 9.00. The molecule has 0 atom stereocenters. The normalized spacial score (nSPS) is 13.5. The van der Waals surface area contributed by atoms with E-state index in [0.29, 0.717) is 13.0 Å². The minimum absolute atomic E-state index is 0.191. The summed E-state index contributed by atoms with van der Waals surface area (Å²) < 4.78 is 35.8. The number of unbranched alkanes of at least 4 members (excludes halogenated alkanes) is 2. The Kier molecular flexibility index (Phi) is 9.78. The highest BCUT2D eigenvalue weighted by Gasteiger charge is 2.31. The van der Waals surface area contributed by atoms with Crippen LogP contribution in [0.15, 0.2) is 0 Å². The number of aliphatic hydroxyl groups excluding tert-OH is 1. The van der Waals surface area contributed by atoms with Gasteiger partial charge in [-0.3, -0.25) is 4.55 Å². The van der Waals surface area contributed by atoms with E-state index in [9.17, 15) is 8.42 Å². The van der Waals surface area contributed by atoms with Crippen LogP contribution in [0.2, 0.25) is 0 Å². The standard InChI is InChI=1S/C16H34O5S/c1-15(2,11-12-17)9-5-7-13-21-14-8-6-10-16(3,4)22(18,19)20/h17H,5-14H2,1-4H3,(H,18,19,20). The van der Waals surface area contributed by atoms with Gasteiger partial charge in [0, 0.05) is 19.8 Å². The highest BCUT2D eigenvalue weighted by atomic mass is 32.2. The minimum atomic E-state index is -3.98. The minimum Gasteiger partial charge on any atom is -0.396 e. The van der Waals surface area contributed by atoms with E-state index in [-0.39, 0.29) is 12.0 Å². The average Bonchev–Trinajstić information content (AvgIpc) is 2.35. The first-order valence-corrected chi connectivity index (χ1v) is 9.61. The Labute approximate surface area is 136 Å². The van der Waals surface area contributed by atoms with Gasteiger partial charge >= 0.3 is 0 Å². The van der Waals surface area contributed by atoms with E-state index in [4.69, 9.17) is 14.4 Å². The third-order valence-corrected chi connectivity index (χ3v) is 5.80. The van der Waals surface area contributed by atoms with Crippen molar-refractivity contribution in [3.8, 4) is 0 Å². The van der Waals surface area contributed by atoms with Crippen LogP contribution >= 0.6 is 0 Å². The molecule has 0 saturated carbocycles. The van der Waals surface area contributed by atoms with E-state index in [0.717, 1.165) is 45.1 Å². The third kappa shape index (κ3) is 9.77. The van der Waals surface area contributed by atoms with Crippen LogP contribution in [0.4, 0.5) is 0 Å². The largest absolute Gasteiger partial charge is 0.396 e. The molecule has 0 radical (unpaired) electrons. The predicted octanol–water partition coefficient (Wildman–Crippen LogP) is 3.42. The van der Waals surface area contributed by atoms with Gasteiger partial charge in [0.25, 0.3) is 10.1 Å². The first kappa shape index (κ1) is 21.8. The molecular weight excluding hydrogens is 304 g/mol. The molecular formula is C16H34O5S. The van der Waals surface area contributed by atoms with Crippen molar-refractivity contribution in [3.63, 3.8) is 0 Å². The lowest BCUT2D eigenvalue weighted by molar-refractivity contribution is 0.120. The summed E-state index contributed by atoms with van der Waals surface area (Å²) in [5.41, 5.74) is 0.191. The monoisotopic (exact) mass is 338 g/mol. The SMILES string of the molecule is CC(C)(CCO)CCCCOCCCCC(C)(C)S(=O)(=O)O. The Hall–Kier alpha value is -0.170. The van der Waals surface area contributed by atoms with Crippen molar-refractivity contribution in [1.29, 1.82) is 0 Å². The number of rotatable bonds is 13. The van der Waals surface area contributed by atoms with Crippen molar-refractivity contribution < 1.29 is 22.8 Å². The van der Waals surface area contributed by atoms with Gasteiger partial charge in [0.15, 0.2) is 0 Å². The second-order valence-corrected chi connectivity index (χ2v) is 9.45. The first-order chi connectivity index (χ1) is 10.0. The molecule has 22 heavy (non-hydrogen) atoms. The molecule has 0 aromatic heterocycles. The molecule has 5 nitrogen and oxygen atoms in total. The topological polar surface area (TPSA) is 83.8 Å². The van der Waals surface area contributed by atoms with E-state index in [2.05, 4.69) is 13.8 Å². The molecule has 0 unspecified atom stereocenters. The van der Waals surface area contributed by atoms with Crippen molar-refractivity contribution >= 4 is 10.1 Å². The second-order valence-electron chi connectivity index (χ2n) is 7.40. The van der Waals surface area contributed by atoms with Crippen LogP contribution in [0.5, 0.6) is 0 Å². The van der Waals surface area contributed by atoms with Crippen LogP contribution in [0, 0.1) is 5.41 Å². The van der Waals surface area contributed by atoms with Crippen LogP contribution in [-0.4, -0.2) is 42.6 Å². The third-order valence-electron chi connectivity index (χ3n) is 4.20. The van der Waals surface area contributed by atoms with Crippen molar-refractivity contribution in [3.05, 3.63) is 0 Å². The van der Waals surface area contributed by atoms with Crippen molar-refractivity contribution in [2.45, 2.75) is 77.4 Å². The molecule has 0 amide bonds. The Morgan fingerprint density at radius 2 is 1.36 bits per heavy atom. The number of hydrogen-bond acceptors (Lipinski definition) is 4. The quantitative estimate of drug-likeness (QED) is 0.397. The Morgan fingerprint density at radius 1 is 0.864 bits per heavy atom. The molecule has 0 rings (SSSR count). The number of ether oxygens (including phenoxy) is 1. The van der Waals surface area contributed by atoms with Crippen molar-refractivity contribution in [2.24, 2.45) is 5.41 Å². The van der Waals surface area contributed by atoms with Crippen LogP contribution in [0.1, 0.15) is 72.6 Å². The lowest BCUT2D eigenvalue weighted by Crippen LogP contribution is -2.31. The summed E-state index contributed by atoms with van der Waals surface area (Å²) in [5, 5.41) is 8.95. The summed E-state index contributed by atoms with van der Waals surface area (Å²) in [6, 6.07) is 0. The van der Waals surface area contributed by atoms with Gasteiger partial charge in [0.05, 0.1) is 4.75 Å². The van der Waals surface area contributed by atoms with Crippen LogP contribution in [-0.2, 0) is 14.9 Å². The van der Waals surface area contributed by atoms with Gasteiger partial charge in [-0.15, -0.1) is 0 Å². The van der Waals surface area contributed by atoms with Gasteiger partial charge in [0.1, 0.15) is 0 Å². The van der Waals surface area contributed by atoms with E-state index in [1.165, 1.54) is 13.8 Å². The molecule has 134 valence electrons. The lowest BCUT2D eigenvalue weighted by atomic mass is 9.84. The van der Waals surface area contributed by atoms with Gasteiger partial charge in [-0.25, -0.2) is 0 Å². The Bertz CT molecular complexity index is 387. The van der Waals surface area contributed by atoms with Crippen LogP contribution in [0.25, 0.3) is 0 Å².